The van der Waals surface area contributed by atoms with Gasteiger partial charge < -0.3 is 10.2 Å². The maximum absolute atomic E-state index is 12.5. The van der Waals surface area contributed by atoms with Crippen LogP contribution in [0.1, 0.15) is 41.9 Å². The van der Waals surface area contributed by atoms with E-state index >= 15 is 0 Å². The van der Waals surface area contributed by atoms with Gasteiger partial charge in [-0.25, -0.2) is 0 Å². The van der Waals surface area contributed by atoms with Crippen LogP contribution >= 0.6 is 0 Å². The van der Waals surface area contributed by atoms with E-state index in [4.69, 9.17) is 0 Å². The van der Waals surface area contributed by atoms with Crippen LogP contribution in [-0.2, 0) is 0 Å². The van der Waals surface area contributed by atoms with E-state index in [1.807, 2.05) is 17.9 Å². The summed E-state index contributed by atoms with van der Waals surface area (Å²) in [6.45, 7) is 4.96. The fourth-order valence-corrected chi connectivity index (χ4v) is 2.82. The molecule has 2 fully saturated rings. The van der Waals surface area contributed by atoms with E-state index < -0.39 is 0 Å². The first-order valence-electron chi connectivity index (χ1n) is 7.28. The Balaban J connectivity index is 1.68. The Morgan fingerprint density at radius 1 is 1.47 bits per heavy atom. The fourth-order valence-electron chi connectivity index (χ4n) is 2.82. The zero-order valence-electron chi connectivity index (χ0n) is 11.5. The summed E-state index contributed by atoms with van der Waals surface area (Å²) >= 11 is 0. The Kier molecular flexibility index (Phi) is 3.55. The lowest BCUT2D eigenvalue weighted by Crippen LogP contribution is -2.42. The minimum absolute atomic E-state index is 0.0948. The zero-order valence-corrected chi connectivity index (χ0v) is 11.5. The molecule has 1 aromatic rings. The van der Waals surface area contributed by atoms with Gasteiger partial charge in [-0.05, 0) is 57.7 Å². The number of carbonyl (C=O) groups is 1. The minimum Gasteiger partial charge on any atom is -0.334 e. The molecule has 1 aromatic heterocycles. The van der Waals surface area contributed by atoms with E-state index in [0.29, 0.717) is 17.7 Å². The van der Waals surface area contributed by atoms with Gasteiger partial charge in [-0.1, -0.05) is 0 Å². The highest BCUT2D eigenvalue weighted by Crippen LogP contribution is 2.29. The third-order valence-corrected chi connectivity index (χ3v) is 4.03. The molecule has 5 heteroatoms. The van der Waals surface area contributed by atoms with Gasteiger partial charge in [0.05, 0.1) is 0 Å². The quantitative estimate of drug-likeness (QED) is 0.860. The number of carbonyl (C=O) groups excluding carboxylic acids is 1. The van der Waals surface area contributed by atoms with Crippen LogP contribution in [0, 0.1) is 12.8 Å². The number of aromatic amines is 1. The molecule has 0 aromatic carbocycles. The summed E-state index contributed by atoms with van der Waals surface area (Å²) in [6.07, 6.45) is 4.74. The molecule has 19 heavy (non-hydrogen) atoms. The second kappa shape index (κ2) is 5.33. The second-order valence-electron chi connectivity index (χ2n) is 5.84. The van der Waals surface area contributed by atoms with Crippen molar-refractivity contribution in [3.63, 3.8) is 0 Å². The first kappa shape index (κ1) is 12.7. The van der Waals surface area contributed by atoms with Crippen LogP contribution in [0.4, 0.5) is 0 Å². The Morgan fingerprint density at radius 2 is 2.32 bits per heavy atom. The number of piperidine rings is 1. The smallest absolute Gasteiger partial charge is 0.274 e. The van der Waals surface area contributed by atoms with E-state index in [2.05, 4.69) is 15.5 Å². The fraction of sp³-hybridized carbons (Fsp3) is 0.714. The maximum Gasteiger partial charge on any atom is 0.274 e. The summed E-state index contributed by atoms with van der Waals surface area (Å²) in [5.74, 6) is 0.691. The molecule has 1 atom stereocenters. The molecule has 2 heterocycles. The van der Waals surface area contributed by atoms with E-state index in [0.717, 1.165) is 38.2 Å². The normalized spacial score (nSPS) is 23.3. The van der Waals surface area contributed by atoms with Crippen molar-refractivity contribution >= 4 is 5.91 Å². The van der Waals surface area contributed by atoms with Gasteiger partial charge in [0, 0.05) is 18.3 Å². The molecule has 5 nitrogen and oxygen atoms in total. The largest absolute Gasteiger partial charge is 0.334 e. The number of hydrogen-bond acceptors (Lipinski definition) is 3. The molecule has 0 radical (unpaired) electrons. The zero-order chi connectivity index (χ0) is 13.2. The Morgan fingerprint density at radius 3 is 2.89 bits per heavy atom. The van der Waals surface area contributed by atoms with Crippen molar-refractivity contribution in [3.8, 4) is 0 Å². The number of nitrogens with zero attached hydrogens (tertiary/aromatic N) is 2. The third-order valence-electron chi connectivity index (χ3n) is 4.03. The lowest BCUT2D eigenvalue weighted by atomic mass is 9.99. The number of aromatic nitrogens is 2. The number of amides is 1. The van der Waals surface area contributed by atoms with Crippen molar-refractivity contribution in [1.29, 1.82) is 0 Å². The van der Waals surface area contributed by atoms with Gasteiger partial charge in [-0.3, -0.25) is 9.89 Å². The van der Waals surface area contributed by atoms with Gasteiger partial charge in [0.1, 0.15) is 5.69 Å². The van der Waals surface area contributed by atoms with Crippen LogP contribution in [0.2, 0.25) is 0 Å². The lowest BCUT2D eigenvalue weighted by molar-refractivity contribution is 0.0698. The summed E-state index contributed by atoms with van der Waals surface area (Å²) in [5.41, 5.74) is 1.51. The topological polar surface area (TPSA) is 61.0 Å². The molecule has 1 aliphatic carbocycles. The predicted molar refractivity (Wildman–Crippen MR) is 73.0 cm³/mol. The number of aryl methyl sites for hydroxylation is 1. The van der Waals surface area contributed by atoms with Crippen molar-refractivity contribution in [2.75, 3.05) is 19.6 Å². The van der Waals surface area contributed by atoms with Gasteiger partial charge in [-0.2, -0.15) is 5.10 Å². The summed E-state index contributed by atoms with van der Waals surface area (Å²) in [6, 6.07) is 2.29. The highest BCUT2D eigenvalue weighted by Gasteiger charge is 2.35. The average Bonchev–Trinajstić information content (AvgIpc) is 3.18. The number of nitrogens with one attached hydrogen (secondary N) is 2. The molecular weight excluding hydrogens is 240 g/mol. The van der Waals surface area contributed by atoms with Crippen molar-refractivity contribution in [2.24, 2.45) is 5.92 Å². The maximum atomic E-state index is 12.5. The van der Waals surface area contributed by atoms with Crippen LogP contribution in [0.25, 0.3) is 0 Å². The van der Waals surface area contributed by atoms with Crippen LogP contribution in [-0.4, -0.2) is 46.7 Å². The molecule has 104 valence electrons. The van der Waals surface area contributed by atoms with E-state index in [1.54, 1.807) is 0 Å². The molecule has 2 N–H and O–H groups in total. The Labute approximate surface area is 113 Å². The molecule has 2 aliphatic rings. The summed E-state index contributed by atoms with van der Waals surface area (Å²) in [5, 5.41) is 10.4. The minimum atomic E-state index is 0.0948. The molecule has 1 aliphatic heterocycles. The van der Waals surface area contributed by atoms with Gasteiger partial charge in [0.2, 0.25) is 0 Å². The Bertz CT molecular complexity index is 446. The molecule has 1 unspecified atom stereocenters. The highest BCUT2D eigenvalue weighted by molar-refractivity contribution is 5.92. The van der Waals surface area contributed by atoms with Crippen molar-refractivity contribution in [2.45, 2.75) is 38.6 Å². The molecule has 3 rings (SSSR count). The van der Waals surface area contributed by atoms with Crippen molar-refractivity contribution in [3.05, 3.63) is 17.5 Å². The molecule has 1 amide bonds. The standard InChI is InChI=1S/C14H22N4O/c1-10-7-13(17-16-10)14(19)18(12-4-5-12)9-11-3-2-6-15-8-11/h7,11-12,15H,2-6,8-9H2,1H3,(H,16,17). The van der Waals surface area contributed by atoms with Crippen LogP contribution in [0.3, 0.4) is 0 Å². The lowest BCUT2D eigenvalue weighted by Gasteiger charge is -2.30. The van der Waals surface area contributed by atoms with Crippen LogP contribution in [0.15, 0.2) is 6.07 Å². The number of H-pyrrole nitrogens is 1. The summed E-state index contributed by atoms with van der Waals surface area (Å²) in [7, 11) is 0. The molecule has 1 saturated carbocycles. The molecule has 0 bridgehead atoms. The third kappa shape index (κ3) is 2.97. The highest BCUT2D eigenvalue weighted by atomic mass is 16.2. The molecule has 1 saturated heterocycles. The monoisotopic (exact) mass is 262 g/mol. The van der Waals surface area contributed by atoms with E-state index in [1.165, 1.54) is 12.8 Å². The van der Waals surface area contributed by atoms with Gasteiger partial charge >= 0.3 is 0 Å². The van der Waals surface area contributed by atoms with Gasteiger partial charge in [0.25, 0.3) is 5.91 Å². The van der Waals surface area contributed by atoms with Crippen LogP contribution in [0.5, 0.6) is 0 Å². The van der Waals surface area contributed by atoms with Crippen LogP contribution < -0.4 is 5.32 Å². The first-order valence-corrected chi connectivity index (χ1v) is 7.28. The SMILES string of the molecule is Cc1cc(C(=O)N(CC2CCCNC2)C2CC2)n[nH]1. The van der Waals surface area contributed by atoms with Crippen molar-refractivity contribution in [1.82, 2.24) is 20.4 Å². The predicted octanol–water partition coefficient (Wildman–Crippen LogP) is 1.32. The van der Waals surface area contributed by atoms with E-state index in [-0.39, 0.29) is 5.91 Å². The van der Waals surface area contributed by atoms with E-state index in [9.17, 15) is 4.79 Å². The van der Waals surface area contributed by atoms with Gasteiger partial charge in [0.15, 0.2) is 0 Å². The summed E-state index contributed by atoms with van der Waals surface area (Å²) < 4.78 is 0. The molecular formula is C14H22N4O. The number of hydrogen-bond donors (Lipinski definition) is 2. The van der Waals surface area contributed by atoms with Gasteiger partial charge in [-0.15, -0.1) is 0 Å². The Hall–Kier alpha value is -1.36. The average molecular weight is 262 g/mol. The second-order valence-corrected chi connectivity index (χ2v) is 5.84. The summed E-state index contributed by atoms with van der Waals surface area (Å²) in [4.78, 5) is 14.6. The molecule has 0 spiro atoms. The number of rotatable bonds is 4. The van der Waals surface area contributed by atoms with Crippen molar-refractivity contribution < 1.29 is 4.79 Å². The first-order chi connectivity index (χ1) is 9.24.